The second-order valence-electron chi connectivity index (χ2n) is 6.75. The SMILES string of the molecule is CN=C(NCc1cccc(CN(C)C)c1)NCC(C)Cc1cccs1. The van der Waals surface area contributed by atoms with Crippen LogP contribution >= 0.6 is 11.3 Å². The van der Waals surface area contributed by atoms with E-state index in [4.69, 9.17) is 0 Å². The number of hydrogen-bond donors (Lipinski definition) is 2. The molecular formula is C20H30N4S. The van der Waals surface area contributed by atoms with Crippen LogP contribution in [-0.4, -0.2) is 38.5 Å². The predicted octanol–water partition coefficient (Wildman–Crippen LogP) is 3.35. The molecule has 0 spiro atoms. The Labute approximate surface area is 156 Å². The number of nitrogens with one attached hydrogen (secondary N) is 2. The maximum Gasteiger partial charge on any atom is 0.191 e. The summed E-state index contributed by atoms with van der Waals surface area (Å²) in [6.45, 7) is 4.92. The summed E-state index contributed by atoms with van der Waals surface area (Å²) in [5, 5.41) is 8.98. The van der Waals surface area contributed by atoms with Gasteiger partial charge in [0.15, 0.2) is 5.96 Å². The molecule has 0 aliphatic rings. The second-order valence-corrected chi connectivity index (χ2v) is 7.79. The Morgan fingerprint density at radius 3 is 2.64 bits per heavy atom. The molecule has 1 heterocycles. The standard InChI is InChI=1S/C20H30N4S/c1-16(11-19-9-6-10-25-19)13-22-20(21-2)23-14-17-7-5-8-18(12-17)15-24(3)4/h5-10,12,16H,11,13-15H2,1-4H3,(H2,21,22,23). The predicted molar refractivity (Wildman–Crippen MR) is 109 cm³/mol. The lowest BCUT2D eigenvalue weighted by Crippen LogP contribution is -2.39. The molecule has 0 aliphatic carbocycles. The highest BCUT2D eigenvalue weighted by Crippen LogP contribution is 2.13. The lowest BCUT2D eigenvalue weighted by molar-refractivity contribution is 0.402. The third kappa shape index (κ3) is 7.28. The molecule has 1 atom stereocenters. The molecule has 25 heavy (non-hydrogen) atoms. The average Bonchev–Trinajstić information content (AvgIpc) is 3.07. The quantitative estimate of drug-likeness (QED) is 0.561. The molecule has 2 aromatic rings. The molecule has 0 amide bonds. The largest absolute Gasteiger partial charge is 0.356 e. The molecule has 0 bridgehead atoms. The van der Waals surface area contributed by atoms with Gasteiger partial charge >= 0.3 is 0 Å². The summed E-state index contributed by atoms with van der Waals surface area (Å²) in [5.74, 6) is 1.43. The monoisotopic (exact) mass is 358 g/mol. The first kappa shape index (κ1) is 19.5. The van der Waals surface area contributed by atoms with E-state index in [2.05, 4.69) is 83.3 Å². The molecule has 0 fully saturated rings. The minimum absolute atomic E-state index is 0.570. The van der Waals surface area contributed by atoms with Crippen molar-refractivity contribution in [3.8, 4) is 0 Å². The van der Waals surface area contributed by atoms with Gasteiger partial charge in [-0.15, -0.1) is 11.3 Å². The van der Waals surface area contributed by atoms with Crippen LogP contribution in [0.4, 0.5) is 0 Å². The van der Waals surface area contributed by atoms with E-state index in [0.717, 1.165) is 32.0 Å². The van der Waals surface area contributed by atoms with E-state index < -0.39 is 0 Å². The fraction of sp³-hybridized carbons (Fsp3) is 0.450. The third-order valence-electron chi connectivity index (χ3n) is 3.92. The number of benzene rings is 1. The average molecular weight is 359 g/mol. The Kier molecular flexibility index (Phi) is 7.95. The Bertz CT molecular complexity index is 649. The van der Waals surface area contributed by atoms with Gasteiger partial charge in [-0.2, -0.15) is 0 Å². The molecular weight excluding hydrogens is 328 g/mol. The number of aliphatic imine (C=N–C) groups is 1. The molecule has 0 radical (unpaired) electrons. The normalized spacial score (nSPS) is 13.1. The van der Waals surface area contributed by atoms with Gasteiger partial charge in [-0.25, -0.2) is 0 Å². The number of nitrogens with zero attached hydrogens (tertiary/aromatic N) is 2. The minimum Gasteiger partial charge on any atom is -0.356 e. The van der Waals surface area contributed by atoms with E-state index in [9.17, 15) is 0 Å². The Hall–Kier alpha value is -1.85. The molecule has 1 unspecified atom stereocenters. The smallest absolute Gasteiger partial charge is 0.191 e. The van der Waals surface area contributed by atoms with Crippen molar-refractivity contribution in [3.63, 3.8) is 0 Å². The summed E-state index contributed by atoms with van der Waals surface area (Å²) in [4.78, 5) is 7.95. The van der Waals surface area contributed by atoms with Crippen molar-refractivity contribution in [1.82, 2.24) is 15.5 Å². The molecule has 0 aliphatic heterocycles. The summed E-state index contributed by atoms with van der Waals surface area (Å²) in [6.07, 6.45) is 1.11. The Morgan fingerprint density at radius 1 is 1.16 bits per heavy atom. The number of hydrogen-bond acceptors (Lipinski definition) is 3. The van der Waals surface area contributed by atoms with Crippen molar-refractivity contribution < 1.29 is 0 Å². The summed E-state index contributed by atoms with van der Waals surface area (Å²) < 4.78 is 0. The molecule has 136 valence electrons. The van der Waals surface area contributed by atoms with Gasteiger partial charge in [0.25, 0.3) is 0 Å². The van der Waals surface area contributed by atoms with Crippen molar-refractivity contribution in [2.24, 2.45) is 10.9 Å². The highest BCUT2D eigenvalue weighted by molar-refractivity contribution is 7.09. The summed E-state index contributed by atoms with van der Waals surface area (Å²) in [5.41, 5.74) is 2.60. The van der Waals surface area contributed by atoms with Gasteiger partial charge in [0.1, 0.15) is 0 Å². The van der Waals surface area contributed by atoms with E-state index in [1.807, 2.05) is 18.4 Å². The molecule has 1 aromatic heterocycles. The van der Waals surface area contributed by atoms with Crippen molar-refractivity contribution in [2.75, 3.05) is 27.7 Å². The zero-order chi connectivity index (χ0) is 18.1. The van der Waals surface area contributed by atoms with Crippen LogP contribution in [0, 0.1) is 5.92 Å². The van der Waals surface area contributed by atoms with Gasteiger partial charge in [-0.1, -0.05) is 37.3 Å². The molecule has 1 aromatic carbocycles. The number of guanidine groups is 1. The summed E-state index contributed by atoms with van der Waals surface area (Å²) in [7, 11) is 6.00. The zero-order valence-corrected chi connectivity index (χ0v) is 16.6. The Morgan fingerprint density at radius 2 is 1.96 bits per heavy atom. The van der Waals surface area contributed by atoms with Crippen LogP contribution in [0.3, 0.4) is 0 Å². The summed E-state index contributed by atoms with van der Waals surface area (Å²) in [6, 6.07) is 13.0. The molecule has 2 N–H and O–H groups in total. The van der Waals surface area contributed by atoms with Gasteiger partial charge in [0.05, 0.1) is 0 Å². The molecule has 2 rings (SSSR count). The first-order chi connectivity index (χ1) is 12.1. The van der Waals surface area contributed by atoms with Gasteiger partial charge in [-0.05, 0) is 49.0 Å². The van der Waals surface area contributed by atoms with Crippen LogP contribution in [0.25, 0.3) is 0 Å². The van der Waals surface area contributed by atoms with Crippen LogP contribution in [-0.2, 0) is 19.5 Å². The van der Waals surface area contributed by atoms with Crippen molar-refractivity contribution in [3.05, 3.63) is 57.8 Å². The third-order valence-corrected chi connectivity index (χ3v) is 4.82. The maximum absolute atomic E-state index is 4.33. The van der Waals surface area contributed by atoms with Crippen LogP contribution in [0.2, 0.25) is 0 Å². The van der Waals surface area contributed by atoms with Crippen molar-refractivity contribution in [2.45, 2.75) is 26.4 Å². The van der Waals surface area contributed by atoms with Crippen LogP contribution in [0.1, 0.15) is 22.9 Å². The molecule has 5 heteroatoms. The van der Waals surface area contributed by atoms with Gasteiger partial charge in [0, 0.05) is 31.6 Å². The van der Waals surface area contributed by atoms with Gasteiger partial charge in [0.2, 0.25) is 0 Å². The maximum atomic E-state index is 4.33. The topological polar surface area (TPSA) is 39.7 Å². The van der Waals surface area contributed by atoms with Crippen LogP contribution < -0.4 is 10.6 Å². The number of rotatable bonds is 8. The molecule has 4 nitrogen and oxygen atoms in total. The lowest BCUT2D eigenvalue weighted by Gasteiger charge is -2.16. The lowest BCUT2D eigenvalue weighted by atomic mass is 10.1. The van der Waals surface area contributed by atoms with Crippen LogP contribution in [0.15, 0.2) is 46.8 Å². The summed E-state index contributed by atoms with van der Waals surface area (Å²) >= 11 is 1.83. The highest BCUT2D eigenvalue weighted by atomic mass is 32.1. The van der Waals surface area contributed by atoms with E-state index >= 15 is 0 Å². The molecule has 0 saturated heterocycles. The van der Waals surface area contributed by atoms with Gasteiger partial charge in [-0.3, -0.25) is 4.99 Å². The fourth-order valence-corrected chi connectivity index (χ4v) is 3.59. The fourth-order valence-electron chi connectivity index (χ4n) is 2.72. The first-order valence-electron chi connectivity index (χ1n) is 8.76. The Balaban J connectivity index is 1.78. The van der Waals surface area contributed by atoms with E-state index in [1.165, 1.54) is 16.0 Å². The zero-order valence-electron chi connectivity index (χ0n) is 15.7. The number of thiophene rings is 1. The second kappa shape index (κ2) is 10.2. The van der Waals surface area contributed by atoms with Gasteiger partial charge < -0.3 is 15.5 Å². The minimum atomic E-state index is 0.570. The highest BCUT2D eigenvalue weighted by Gasteiger charge is 2.06. The van der Waals surface area contributed by atoms with Crippen molar-refractivity contribution in [1.29, 1.82) is 0 Å². The van der Waals surface area contributed by atoms with E-state index in [1.54, 1.807) is 0 Å². The first-order valence-corrected chi connectivity index (χ1v) is 9.64. The van der Waals surface area contributed by atoms with E-state index in [-0.39, 0.29) is 0 Å². The van der Waals surface area contributed by atoms with Crippen LogP contribution in [0.5, 0.6) is 0 Å². The van der Waals surface area contributed by atoms with E-state index in [0.29, 0.717) is 5.92 Å². The van der Waals surface area contributed by atoms with Crippen molar-refractivity contribution >= 4 is 17.3 Å². The molecule has 0 saturated carbocycles.